The summed E-state index contributed by atoms with van der Waals surface area (Å²) in [7, 11) is -3.60. The molecule has 1 saturated carbocycles. The molecule has 0 aromatic heterocycles. The molecule has 1 saturated heterocycles. The van der Waals surface area contributed by atoms with Crippen LogP contribution in [0.4, 0.5) is 5.69 Å². The zero-order valence-corrected chi connectivity index (χ0v) is 18.2. The van der Waals surface area contributed by atoms with Crippen molar-refractivity contribution in [2.75, 3.05) is 18.4 Å². The number of anilines is 1. The Hall–Kier alpha value is -1.93. The van der Waals surface area contributed by atoms with Crippen LogP contribution in [0.25, 0.3) is 0 Å². The minimum absolute atomic E-state index is 0.0395. The number of amides is 2. The summed E-state index contributed by atoms with van der Waals surface area (Å²) in [5, 5.41) is 5.99. The van der Waals surface area contributed by atoms with E-state index in [0.717, 1.165) is 18.4 Å². The van der Waals surface area contributed by atoms with Gasteiger partial charge in [-0.3, -0.25) is 9.59 Å². The Labute approximate surface area is 178 Å². The molecule has 8 heteroatoms. The van der Waals surface area contributed by atoms with Gasteiger partial charge in [0.1, 0.15) is 0 Å². The lowest BCUT2D eigenvalue weighted by Gasteiger charge is -2.31. The second-order valence-corrected chi connectivity index (χ2v) is 10.7. The zero-order chi connectivity index (χ0) is 21.1. The predicted molar refractivity (Wildman–Crippen MR) is 115 cm³/mol. The maximum Gasteiger partial charge on any atom is 0.243 e. The summed E-state index contributed by atoms with van der Waals surface area (Å²) < 4.78 is 27.7. The number of aryl methyl sites for hydroxylation is 1. The molecule has 3 aliphatic rings. The van der Waals surface area contributed by atoms with E-state index in [2.05, 4.69) is 10.6 Å². The largest absolute Gasteiger partial charge is 0.353 e. The van der Waals surface area contributed by atoms with Crippen molar-refractivity contribution < 1.29 is 18.0 Å². The molecule has 30 heavy (non-hydrogen) atoms. The molecule has 0 radical (unpaired) electrons. The molecule has 2 fully saturated rings. The molecule has 1 aliphatic carbocycles. The van der Waals surface area contributed by atoms with Gasteiger partial charge in [-0.05, 0) is 55.9 Å². The van der Waals surface area contributed by atoms with E-state index >= 15 is 0 Å². The quantitative estimate of drug-likeness (QED) is 0.714. The first-order chi connectivity index (χ1) is 14.4. The van der Waals surface area contributed by atoms with Gasteiger partial charge in [0.25, 0.3) is 0 Å². The van der Waals surface area contributed by atoms with Crippen LogP contribution in [0.15, 0.2) is 23.1 Å². The topological polar surface area (TPSA) is 95.6 Å². The average molecular weight is 434 g/mol. The first kappa shape index (κ1) is 21.3. The zero-order valence-electron chi connectivity index (χ0n) is 17.4. The molecule has 2 N–H and O–H groups in total. The smallest absolute Gasteiger partial charge is 0.243 e. The van der Waals surface area contributed by atoms with Gasteiger partial charge >= 0.3 is 0 Å². The van der Waals surface area contributed by atoms with Crippen molar-refractivity contribution in [3.8, 4) is 0 Å². The summed E-state index contributed by atoms with van der Waals surface area (Å²) in [6.07, 6.45) is 8.98. The molecule has 0 bridgehead atoms. The Bertz CT molecular complexity index is 899. The number of piperidine rings is 1. The van der Waals surface area contributed by atoms with Crippen molar-refractivity contribution >= 4 is 27.5 Å². The summed E-state index contributed by atoms with van der Waals surface area (Å²) in [6.45, 7) is 0.720. The van der Waals surface area contributed by atoms with E-state index < -0.39 is 10.0 Å². The van der Waals surface area contributed by atoms with Crippen molar-refractivity contribution in [3.63, 3.8) is 0 Å². The van der Waals surface area contributed by atoms with Crippen molar-refractivity contribution in [3.05, 3.63) is 23.8 Å². The van der Waals surface area contributed by atoms with Crippen molar-refractivity contribution in [2.24, 2.45) is 5.92 Å². The van der Waals surface area contributed by atoms with Crippen molar-refractivity contribution in [1.29, 1.82) is 0 Å². The Morgan fingerprint density at radius 3 is 2.40 bits per heavy atom. The van der Waals surface area contributed by atoms with Gasteiger partial charge in [-0.1, -0.05) is 25.7 Å². The van der Waals surface area contributed by atoms with Crippen LogP contribution in [0.1, 0.15) is 63.4 Å². The fraction of sp³-hybridized carbons (Fsp3) is 0.636. The summed E-state index contributed by atoms with van der Waals surface area (Å²) in [5.74, 6) is -0.0655. The highest BCUT2D eigenvalue weighted by Gasteiger charge is 2.33. The highest BCUT2D eigenvalue weighted by atomic mass is 32.2. The molecule has 2 amide bonds. The summed E-state index contributed by atoms with van der Waals surface area (Å²) >= 11 is 0. The molecule has 2 heterocycles. The number of nitrogens with zero attached hydrogens (tertiary/aromatic N) is 1. The summed E-state index contributed by atoms with van der Waals surface area (Å²) in [4.78, 5) is 24.5. The van der Waals surface area contributed by atoms with Crippen LogP contribution in [0.3, 0.4) is 0 Å². The van der Waals surface area contributed by atoms with E-state index in [9.17, 15) is 18.0 Å². The molecule has 4 rings (SSSR count). The fourth-order valence-electron chi connectivity index (χ4n) is 4.77. The first-order valence-electron chi connectivity index (χ1n) is 11.2. The number of benzene rings is 1. The Morgan fingerprint density at radius 1 is 1.00 bits per heavy atom. The van der Waals surface area contributed by atoms with Crippen LogP contribution in [0.5, 0.6) is 0 Å². The molecule has 164 valence electrons. The number of carbonyl (C=O) groups is 2. The Kier molecular flexibility index (Phi) is 6.43. The number of fused-ring (bicyclic) bond motifs is 1. The van der Waals surface area contributed by atoms with Crippen LogP contribution in [-0.2, 0) is 26.0 Å². The standard InChI is InChI=1S/C22H31N3O4S/c26-21-10-7-17-15-19(8-9-20(17)24-21)30(28,29)25-13-11-16(12-14-25)22(27)23-18-5-3-1-2-4-6-18/h8-9,15-16,18H,1-7,10-14H2,(H,23,27)(H,24,26). The van der Waals surface area contributed by atoms with E-state index in [1.54, 1.807) is 18.2 Å². The number of carbonyl (C=O) groups excluding carboxylic acids is 2. The molecule has 7 nitrogen and oxygen atoms in total. The lowest BCUT2D eigenvalue weighted by atomic mass is 9.96. The van der Waals surface area contributed by atoms with Gasteiger partial charge in [-0.2, -0.15) is 4.31 Å². The van der Waals surface area contributed by atoms with Gasteiger partial charge in [-0.25, -0.2) is 8.42 Å². The number of nitrogens with one attached hydrogen (secondary N) is 2. The SMILES string of the molecule is O=C1CCc2cc(S(=O)(=O)N3CCC(C(=O)NC4CCCCCC4)CC3)ccc2N1. The van der Waals surface area contributed by atoms with Gasteiger partial charge in [0, 0.05) is 37.2 Å². The third-order valence-electron chi connectivity index (χ3n) is 6.64. The van der Waals surface area contributed by atoms with E-state index in [-0.39, 0.29) is 28.7 Å². The van der Waals surface area contributed by atoms with Gasteiger partial charge < -0.3 is 10.6 Å². The lowest BCUT2D eigenvalue weighted by Crippen LogP contribution is -2.45. The fourth-order valence-corrected chi connectivity index (χ4v) is 6.29. The van der Waals surface area contributed by atoms with Crippen LogP contribution in [0.2, 0.25) is 0 Å². The average Bonchev–Trinajstić information content (AvgIpc) is 3.02. The van der Waals surface area contributed by atoms with Gasteiger partial charge in [0.15, 0.2) is 0 Å². The molecule has 2 aliphatic heterocycles. The minimum Gasteiger partial charge on any atom is -0.353 e. The highest BCUT2D eigenvalue weighted by Crippen LogP contribution is 2.29. The first-order valence-corrected chi connectivity index (χ1v) is 12.6. The lowest BCUT2D eigenvalue weighted by molar-refractivity contribution is -0.127. The van der Waals surface area contributed by atoms with E-state index in [0.29, 0.717) is 44.5 Å². The third-order valence-corrected chi connectivity index (χ3v) is 8.53. The maximum atomic E-state index is 13.1. The number of sulfonamides is 1. The monoisotopic (exact) mass is 433 g/mol. The van der Waals surface area contributed by atoms with E-state index in [1.807, 2.05) is 0 Å². The van der Waals surface area contributed by atoms with Crippen molar-refractivity contribution in [1.82, 2.24) is 9.62 Å². The molecule has 0 spiro atoms. The maximum absolute atomic E-state index is 13.1. The van der Waals surface area contributed by atoms with Crippen LogP contribution >= 0.6 is 0 Å². The molecule has 0 atom stereocenters. The molecule has 0 unspecified atom stereocenters. The molecular weight excluding hydrogens is 402 g/mol. The van der Waals surface area contributed by atoms with Crippen LogP contribution in [-0.4, -0.2) is 43.7 Å². The number of rotatable bonds is 4. The Balaban J connectivity index is 1.36. The van der Waals surface area contributed by atoms with Crippen LogP contribution in [0, 0.1) is 5.92 Å². The Morgan fingerprint density at radius 2 is 1.70 bits per heavy atom. The minimum atomic E-state index is -3.60. The predicted octanol–water partition coefficient (Wildman–Crippen LogP) is 2.81. The second kappa shape index (κ2) is 9.06. The number of hydrogen-bond donors (Lipinski definition) is 2. The molecular formula is C22H31N3O4S. The van der Waals surface area contributed by atoms with Gasteiger partial charge in [0.05, 0.1) is 4.90 Å². The molecule has 1 aromatic carbocycles. The normalized spacial score (nSPS) is 22.1. The van der Waals surface area contributed by atoms with Gasteiger partial charge in [-0.15, -0.1) is 0 Å². The molecule has 1 aromatic rings. The van der Waals surface area contributed by atoms with Crippen LogP contribution < -0.4 is 10.6 Å². The second-order valence-electron chi connectivity index (χ2n) is 8.74. The van der Waals surface area contributed by atoms with Crippen molar-refractivity contribution in [2.45, 2.75) is 75.1 Å². The van der Waals surface area contributed by atoms with Gasteiger partial charge in [0.2, 0.25) is 21.8 Å². The summed E-state index contributed by atoms with van der Waals surface area (Å²) in [5.41, 5.74) is 1.55. The number of hydrogen-bond acceptors (Lipinski definition) is 4. The third kappa shape index (κ3) is 4.70. The van der Waals surface area contributed by atoms with E-state index in [1.165, 1.54) is 30.0 Å². The highest BCUT2D eigenvalue weighted by molar-refractivity contribution is 7.89. The summed E-state index contributed by atoms with van der Waals surface area (Å²) in [6, 6.07) is 5.18. The van der Waals surface area contributed by atoms with E-state index in [4.69, 9.17) is 0 Å².